The summed E-state index contributed by atoms with van der Waals surface area (Å²) in [6, 6.07) is 15.7. The third kappa shape index (κ3) is 4.05. The lowest BCUT2D eigenvalue weighted by Gasteiger charge is -2.11. The third-order valence-electron chi connectivity index (χ3n) is 3.98. The normalized spacial score (nSPS) is 10.1. The number of terminal acetylenes is 1. The summed E-state index contributed by atoms with van der Waals surface area (Å²) in [5.41, 5.74) is 3.11. The molecule has 2 N–H and O–H groups in total. The fraction of sp³-hybridized carbons (Fsp3) is 0.0952. The summed E-state index contributed by atoms with van der Waals surface area (Å²) in [6.07, 6.45) is 6.89. The second kappa shape index (κ2) is 8.02. The maximum atomic E-state index is 12.6. The van der Waals surface area contributed by atoms with E-state index in [0.29, 0.717) is 16.8 Å². The van der Waals surface area contributed by atoms with Gasteiger partial charge in [0.05, 0.1) is 23.5 Å². The van der Waals surface area contributed by atoms with Crippen molar-refractivity contribution in [2.75, 3.05) is 11.9 Å². The Morgan fingerprint density at radius 3 is 2.48 bits per heavy atom. The highest BCUT2D eigenvalue weighted by molar-refractivity contribution is 6.09. The van der Waals surface area contributed by atoms with Gasteiger partial charge in [-0.1, -0.05) is 18.1 Å². The Kier molecular flexibility index (Phi) is 5.33. The van der Waals surface area contributed by atoms with Crippen molar-refractivity contribution in [2.45, 2.75) is 6.92 Å². The molecule has 134 valence electrons. The highest BCUT2D eigenvalue weighted by Gasteiger charge is 2.14. The molecule has 2 aromatic carbocycles. The molecule has 3 aromatic rings. The molecule has 0 aliphatic heterocycles. The average Bonchev–Trinajstić information content (AvgIpc) is 3.12. The van der Waals surface area contributed by atoms with Crippen LogP contribution in [-0.2, 0) is 0 Å². The number of nitrogens with one attached hydrogen (secondary N) is 2. The molecule has 1 aromatic heterocycles. The van der Waals surface area contributed by atoms with Gasteiger partial charge in [0.1, 0.15) is 0 Å². The van der Waals surface area contributed by atoms with Crippen molar-refractivity contribution in [1.82, 2.24) is 15.1 Å². The van der Waals surface area contributed by atoms with E-state index in [1.165, 1.54) is 0 Å². The summed E-state index contributed by atoms with van der Waals surface area (Å²) in [5, 5.41) is 9.61. The number of carbonyl (C=O) groups is 2. The number of aryl methyl sites for hydroxylation is 1. The average molecular weight is 358 g/mol. The maximum Gasteiger partial charge on any atom is 0.255 e. The Labute approximate surface area is 157 Å². The molecule has 0 fully saturated rings. The predicted octanol–water partition coefficient (Wildman–Crippen LogP) is 2.80. The van der Waals surface area contributed by atoms with Gasteiger partial charge in [-0.25, -0.2) is 4.68 Å². The van der Waals surface area contributed by atoms with Gasteiger partial charge in [0.2, 0.25) is 0 Å². The van der Waals surface area contributed by atoms with Crippen molar-refractivity contribution in [1.29, 1.82) is 0 Å². The van der Waals surface area contributed by atoms with Crippen LogP contribution in [0.5, 0.6) is 0 Å². The van der Waals surface area contributed by atoms with Crippen LogP contribution in [0.4, 0.5) is 5.69 Å². The van der Waals surface area contributed by atoms with Crippen LogP contribution < -0.4 is 10.6 Å². The number of rotatable bonds is 5. The van der Waals surface area contributed by atoms with E-state index in [0.717, 1.165) is 11.4 Å². The van der Waals surface area contributed by atoms with Gasteiger partial charge in [0.15, 0.2) is 0 Å². The van der Waals surface area contributed by atoms with Gasteiger partial charge in [-0.3, -0.25) is 9.59 Å². The van der Waals surface area contributed by atoms with Crippen LogP contribution in [0.1, 0.15) is 26.4 Å². The highest BCUT2D eigenvalue weighted by Crippen LogP contribution is 2.17. The summed E-state index contributed by atoms with van der Waals surface area (Å²) >= 11 is 0. The molecule has 0 saturated heterocycles. The van der Waals surface area contributed by atoms with E-state index in [9.17, 15) is 9.59 Å². The zero-order valence-electron chi connectivity index (χ0n) is 14.8. The molecule has 27 heavy (non-hydrogen) atoms. The maximum absolute atomic E-state index is 12.6. The lowest BCUT2D eigenvalue weighted by Crippen LogP contribution is -2.25. The fourth-order valence-electron chi connectivity index (χ4n) is 2.60. The summed E-state index contributed by atoms with van der Waals surface area (Å²) in [6.45, 7) is 2.07. The van der Waals surface area contributed by atoms with Gasteiger partial charge in [0, 0.05) is 17.5 Å². The van der Waals surface area contributed by atoms with E-state index in [2.05, 4.69) is 21.7 Å². The van der Waals surface area contributed by atoms with Gasteiger partial charge in [0.25, 0.3) is 11.8 Å². The number of para-hydroxylation sites is 1. The molecule has 0 aliphatic rings. The molecule has 6 nitrogen and oxygen atoms in total. The first-order chi connectivity index (χ1) is 13.1. The molecule has 0 unspecified atom stereocenters. The fourth-order valence-corrected chi connectivity index (χ4v) is 2.60. The van der Waals surface area contributed by atoms with E-state index in [1.54, 1.807) is 47.3 Å². The molecular weight excluding hydrogens is 340 g/mol. The Morgan fingerprint density at radius 2 is 1.81 bits per heavy atom. The third-order valence-corrected chi connectivity index (χ3v) is 3.98. The molecule has 6 heteroatoms. The predicted molar refractivity (Wildman–Crippen MR) is 104 cm³/mol. The Balaban J connectivity index is 1.77. The molecule has 2 amide bonds. The van der Waals surface area contributed by atoms with Gasteiger partial charge < -0.3 is 10.6 Å². The van der Waals surface area contributed by atoms with E-state index in [4.69, 9.17) is 6.42 Å². The molecule has 0 aliphatic carbocycles. The van der Waals surface area contributed by atoms with E-state index >= 15 is 0 Å². The van der Waals surface area contributed by atoms with Crippen LogP contribution in [0.15, 0.2) is 60.8 Å². The molecule has 0 atom stereocenters. The number of hydrogen-bond donors (Lipinski definition) is 2. The number of anilines is 1. The van der Waals surface area contributed by atoms with Crippen LogP contribution >= 0.6 is 0 Å². The highest BCUT2D eigenvalue weighted by atomic mass is 16.2. The standard InChI is InChI=1S/C21H18N4O2/c1-3-13-22-21(27)18-6-4-5-7-19(18)24-20(26)16-8-10-17(11-9-16)25-15(2)12-14-23-25/h1,4-12,14H,13H2,2H3,(H,22,27)(H,24,26). The summed E-state index contributed by atoms with van der Waals surface area (Å²) in [4.78, 5) is 24.8. The SMILES string of the molecule is C#CCNC(=O)c1ccccc1NC(=O)c1ccc(-n2nccc2C)cc1. The Morgan fingerprint density at radius 1 is 1.07 bits per heavy atom. The number of hydrogen-bond acceptors (Lipinski definition) is 3. The largest absolute Gasteiger partial charge is 0.341 e. The van der Waals surface area contributed by atoms with Crippen LogP contribution in [0.3, 0.4) is 0 Å². The summed E-state index contributed by atoms with van der Waals surface area (Å²) in [5.74, 6) is 1.70. The van der Waals surface area contributed by atoms with Crippen molar-refractivity contribution in [2.24, 2.45) is 0 Å². The number of aromatic nitrogens is 2. The van der Waals surface area contributed by atoms with Crippen molar-refractivity contribution in [3.8, 4) is 18.0 Å². The lowest BCUT2D eigenvalue weighted by molar-refractivity contribution is 0.0959. The van der Waals surface area contributed by atoms with Crippen molar-refractivity contribution < 1.29 is 9.59 Å². The molecule has 0 bridgehead atoms. The number of amides is 2. The number of nitrogens with zero attached hydrogens (tertiary/aromatic N) is 2. The second-order valence-electron chi connectivity index (χ2n) is 5.82. The van der Waals surface area contributed by atoms with E-state index < -0.39 is 0 Å². The summed E-state index contributed by atoms with van der Waals surface area (Å²) < 4.78 is 1.78. The van der Waals surface area contributed by atoms with Crippen molar-refractivity contribution in [3.63, 3.8) is 0 Å². The lowest BCUT2D eigenvalue weighted by atomic mass is 10.1. The molecule has 1 heterocycles. The van der Waals surface area contributed by atoms with E-state index in [-0.39, 0.29) is 18.4 Å². The molecule has 0 spiro atoms. The quantitative estimate of drug-likeness (QED) is 0.689. The second-order valence-corrected chi connectivity index (χ2v) is 5.82. The smallest absolute Gasteiger partial charge is 0.255 e. The van der Waals surface area contributed by atoms with Crippen molar-refractivity contribution >= 4 is 17.5 Å². The minimum atomic E-state index is -0.339. The molecular formula is C21H18N4O2. The minimum absolute atomic E-state index is 0.120. The topological polar surface area (TPSA) is 76.0 Å². The first-order valence-electron chi connectivity index (χ1n) is 8.33. The minimum Gasteiger partial charge on any atom is -0.341 e. The zero-order chi connectivity index (χ0) is 19.2. The monoisotopic (exact) mass is 358 g/mol. The first-order valence-corrected chi connectivity index (χ1v) is 8.33. The van der Waals surface area contributed by atoms with Gasteiger partial charge >= 0.3 is 0 Å². The Hall–Kier alpha value is -3.85. The van der Waals surface area contributed by atoms with Crippen LogP contribution in [-0.4, -0.2) is 28.1 Å². The van der Waals surface area contributed by atoms with Crippen molar-refractivity contribution in [3.05, 3.63) is 77.6 Å². The van der Waals surface area contributed by atoms with Gasteiger partial charge in [-0.2, -0.15) is 5.10 Å². The molecule has 3 rings (SSSR count). The summed E-state index contributed by atoms with van der Waals surface area (Å²) in [7, 11) is 0. The van der Waals surface area contributed by atoms with Crippen LogP contribution in [0.2, 0.25) is 0 Å². The Bertz CT molecular complexity index is 1010. The van der Waals surface area contributed by atoms with Crippen LogP contribution in [0, 0.1) is 19.3 Å². The first kappa shape index (κ1) is 18.0. The van der Waals surface area contributed by atoms with Gasteiger partial charge in [-0.15, -0.1) is 6.42 Å². The molecule has 0 saturated carbocycles. The number of benzene rings is 2. The molecule has 0 radical (unpaired) electrons. The van der Waals surface area contributed by atoms with Gasteiger partial charge in [-0.05, 0) is 49.4 Å². The van der Waals surface area contributed by atoms with E-state index in [1.807, 2.05) is 25.1 Å². The zero-order valence-corrected chi connectivity index (χ0v) is 14.8. The van der Waals surface area contributed by atoms with Crippen LogP contribution in [0.25, 0.3) is 5.69 Å². The number of carbonyl (C=O) groups excluding carboxylic acids is 2.